The molecule has 1 N–H and O–H groups in total. The highest BCUT2D eigenvalue weighted by Crippen LogP contribution is 2.27. The quantitative estimate of drug-likeness (QED) is 0.0621. The maximum Gasteiger partial charge on any atom is 0.306 e. The van der Waals surface area contributed by atoms with Gasteiger partial charge in [0.1, 0.15) is 6.10 Å². The fourth-order valence-corrected chi connectivity index (χ4v) is 5.79. The first-order chi connectivity index (χ1) is 20.6. The zero-order chi connectivity index (χ0) is 32.2. The average Bonchev–Trinajstić information content (AvgIpc) is 2.95. The zero-order valence-electron chi connectivity index (χ0n) is 29.6. The zero-order valence-corrected chi connectivity index (χ0v) is 29.6. The number of unbranched alkanes of at least 4 members (excludes halogenated alkanes) is 9. The Balaban J connectivity index is 4.44. The van der Waals surface area contributed by atoms with E-state index < -0.39 is 0 Å². The largest absolute Gasteiger partial charge is 0.465 e. The van der Waals surface area contributed by atoms with Crippen molar-refractivity contribution in [2.75, 3.05) is 33.9 Å². The molecule has 0 bridgehead atoms. The average molecular weight is 612 g/mol. The molecular weight excluding hydrogens is 538 g/mol. The maximum absolute atomic E-state index is 12.5. The number of hydrogen-bond acceptors (Lipinski definition) is 6. The van der Waals surface area contributed by atoms with E-state index in [9.17, 15) is 9.59 Å². The Labute approximate surface area is 267 Å². The van der Waals surface area contributed by atoms with E-state index in [4.69, 9.17) is 14.6 Å². The van der Waals surface area contributed by atoms with E-state index in [0.29, 0.717) is 19.4 Å². The van der Waals surface area contributed by atoms with E-state index in [1.165, 1.54) is 51.4 Å². The van der Waals surface area contributed by atoms with Crippen molar-refractivity contribution >= 4 is 11.9 Å². The second-order valence-electron chi connectivity index (χ2n) is 14.1. The Morgan fingerprint density at radius 2 is 1.21 bits per heavy atom. The third kappa shape index (κ3) is 28.1. The summed E-state index contributed by atoms with van der Waals surface area (Å²) in [6.45, 7) is 10.5. The minimum Gasteiger partial charge on any atom is -0.465 e. The molecule has 0 fully saturated rings. The van der Waals surface area contributed by atoms with Gasteiger partial charge in [-0.15, -0.1) is 0 Å². The molecule has 6 nitrogen and oxygen atoms in total. The van der Waals surface area contributed by atoms with E-state index in [0.717, 1.165) is 95.9 Å². The first-order valence-corrected chi connectivity index (χ1v) is 18.2. The van der Waals surface area contributed by atoms with Crippen LogP contribution in [-0.4, -0.2) is 61.9 Å². The Morgan fingerprint density at radius 3 is 1.81 bits per heavy atom. The lowest BCUT2D eigenvalue weighted by atomic mass is 9.87. The van der Waals surface area contributed by atoms with Crippen molar-refractivity contribution in [2.24, 2.45) is 11.3 Å². The summed E-state index contributed by atoms with van der Waals surface area (Å²) >= 11 is 0. The van der Waals surface area contributed by atoms with Gasteiger partial charge in [-0.1, -0.05) is 105 Å². The van der Waals surface area contributed by atoms with Crippen LogP contribution in [0, 0.1) is 11.3 Å². The van der Waals surface area contributed by atoms with Gasteiger partial charge in [-0.05, 0) is 89.8 Å². The Bertz CT molecular complexity index is 641. The summed E-state index contributed by atoms with van der Waals surface area (Å²) in [5.41, 5.74) is -0.0520. The van der Waals surface area contributed by atoms with E-state index in [-0.39, 0.29) is 30.1 Å². The fraction of sp³-hybridized carbons (Fsp3) is 0.946. The number of hydrogen-bond donors (Lipinski definition) is 1. The van der Waals surface area contributed by atoms with Crippen LogP contribution < -0.4 is 0 Å². The SMILES string of the molecule is CCCCCC(CCCCC)CCCC(=O)OCC(C)(C)CCCCC(CCCCCCCO)OC(=O)CCCN(C)C. The summed E-state index contributed by atoms with van der Waals surface area (Å²) in [4.78, 5) is 27.1. The fourth-order valence-electron chi connectivity index (χ4n) is 5.79. The normalized spacial score (nSPS) is 12.7. The highest BCUT2D eigenvalue weighted by molar-refractivity contribution is 5.69. The highest BCUT2D eigenvalue weighted by Gasteiger charge is 2.21. The van der Waals surface area contributed by atoms with Gasteiger partial charge in [0.25, 0.3) is 0 Å². The molecule has 0 spiro atoms. The summed E-state index contributed by atoms with van der Waals surface area (Å²) in [5.74, 6) is 0.636. The summed E-state index contributed by atoms with van der Waals surface area (Å²) in [6.07, 6.45) is 24.4. The van der Waals surface area contributed by atoms with E-state index in [2.05, 4.69) is 32.6 Å². The van der Waals surface area contributed by atoms with Crippen LogP contribution in [-0.2, 0) is 19.1 Å². The molecule has 0 rings (SSSR count). The molecule has 0 saturated heterocycles. The highest BCUT2D eigenvalue weighted by atomic mass is 16.5. The van der Waals surface area contributed by atoms with Crippen LogP contribution in [0.4, 0.5) is 0 Å². The smallest absolute Gasteiger partial charge is 0.306 e. The second kappa shape index (κ2) is 28.3. The van der Waals surface area contributed by atoms with Crippen LogP contribution >= 0.6 is 0 Å². The van der Waals surface area contributed by atoms with Crippen LogP contribution in [0.25, 0.3) is 0 Å². The van der Waals surface area contributed by atoms with Crippen molar-refractivity contribution in [3.8, 4) is 0 Å². The van der Waals surface area contributed by atoms with E-state index in [1.807, 2.05) is 14.1 Å². The molecule has 6 heteroatoms. The first-order valence-electron chi connectivity index (χ1n) is 18.2. The summed E-state index contributed by atoms with van der Waals surface area (Å²) in [7, 11) is 4.04. The molecule has 0 aliphatic rings. The van der Waals surface area contributed by atoms with E-state index >= 15 is 0 Å². The number of ether oxygens (including phenoxy) is 2. The van der Waals surface area contributed by atoms with Crippen LogP contribution in [0.15, 0.2) is 0 Å². The van der Waals surface area contributed by atoms with Gasteiger partial charge in [-0.3, -0.25) is 9.59 Å². The number of aliphatic hydroxyl groups is 1. The molecule has 0 aliphatic carbocycles. The Hall–Kier alpha value is -1.14. The molecule has 0 radical (unpaired) electrons. The monoisotopic (exact) mass is 612 g/mol. The van der Waals surface area contributed by atoms with E-state index in [1.54, 1.807) is 0 Å². The van der Waals surface area contributed by atoms with Crippen molar-refractivity contribution in [3.63, 3.8) is 0 Å². The number of rotatable bonds is 31. The number of carbonyl (C=O) groups excluding carboxylic acids is 2. The Morgan fingerprint density at radius 1 is 0.674 bits per heavy atom. The molecule has 0 aromatic carbocycles. The predicted molar refractivity (Wildman–Crippen MR) is 181 cm³/mol. The van der Waals surface area contributed by atoms with Crippen molar-refractivity contribution in [3.05, 3.63) is 0 Å². The maximum atomic E-state index is 12.5. The van der Waals surface area contributed by atoms with Gasteiger partial charge in [-0.25, -0.2) is 0 Å². The molecule has 0 aromatic heterocycles. The molecule has 256 valence electrons. The number of esters is 2. The van der Waals surface area contributed by atoms with Crippen LogP contribution in [0.5, 0.6) is 0 Å². The van der Waals surface area contributed by atoms with Gasteiger partial charge in [-0.2, -0.15) is 0 Å². The van der Waals surface area contributed by atoms with Crippen molar-refractivity contribution in [1.82, 2.24) is 4.90 Å². The van der Waals surface area contributed by atoms with Crippen LogP contribution in [0.1, 0.15) is 175 Å². The topological polar surface area (TPSA) is 76.1 Å². The van der Waals surface area contributed by atoms with Crippen LogP contribution in [0.3, 0.4) is 0 Å². The number of nitrogens with zero attached hydrogens (tertiary/aromatic N) is 1. The van der Waals surface area contributed by atoms with Gasteiger partial charge >= 0.3 is 11.9 Å². The summed E-state index contributed by atoms with van der Waals surface area (Å²) < 4.78 is 11.6. The number of aliphatic hydroxyl groups excluding tert-OH is 1. The molecule has 0 aliphatic heterocycles. The third-order valence-electron chi connectivity index (χ3n) is 8.65. The standard InChI is InChI=1S/C37H73NO5/c1-7-9-14-22-33(23-15-10-8-2)24-20-27-35(40)42-32-37(3,4)29-18-17-26-34(25-16-12-11-13-19-31-39)43-36(41)28-21-30-38(5)6/h33-34,39H,7-32H2,1-6H3. The number of carbonyl (C=O) groups is 2. The molecule has 1 unspecified atom stereocenters. The van der Waals surface area contributed by atoms with Crippen LogP contribution in [0.2, 0.25) is 0 Å². The minimum absolute atomic E-state index is 0.0154. The lowest BCUT2D eigenvalue weighted by Gasteiger charge is -2.25. The van der Waals surface area contributed by atoms with Crippen molar-refractivity contribution in [2.45, 2.75) is 181 Å². The molecule has 1 atom stereocenters. The van der Waals surface area contributed by atoms with Gasteiger partial charge in [0, 0.05) is 19.4 Å². The minimum atomic E-state index is -0.0763. The van der Waals surface area contributed by atoms with Gasteiger partial charge in [0.15, 0.2) is 0 Å². The van der Waals surface area contributed by atoms with Gasteiger partial charge < -0.3 is 19.5 Å². The van der Waals surface area contributed by atoms with Gasteiger partial charge in [0.2, 0.25) is 0 Å². The summed E-state index contributed by atoms with van der Waals surface area (Å²) in [6, 6.07) is 0. The molecule has 0 heterocycles. The third-order valence-corrected chi connectivity index (χ3v) is 8.65. The lowest BCUT2D eigenvalue weighted by Crippen LogP contribution is -2.23. The second-order valence-corrected chi connectivity index (χ2v) is 14.1. The van der Waals surface area contributed by atoms with Crippen molar-refractivity contribution < 1.29 is 24.2 Å². The molecule has 0 aromatic rings. The van der Waals surface area contributed by atoms with Gasteiger partial charge in [0.05, 0.1) is 6.61 Å². The molecule has 0 amide bonds. The molecular formula is C37H73NO5. The lowest BCUT2D eigenvalue weighted by molar-refractivity contribution is -0.150. The van der Waals surface area contributed by atoms with Crippen molar-refractivity contribution in [1.29, 1.82) is 0 Å². The molecule has 0 saturated carbocycles. The predicted octanol–water partition coefficient (Wildman–Crippen LogP) is 9.65. The summed E-state index contributed by atoms with van der Waals surface area (Å²) in [5, 5.41) is 8.98. The Kier molecular flexibility index (Phi) is 27.6. The first kappa shape index (κ1) is 41.9. The molecule has 43 heavy (non-hydrogen) atoms.